The second-order valence-electron chi connectivity index (χ2n) is 13.5. The van der Waals surface area contributed by atoms with E-state index < -0.39 is 23.7 Å². The Morgan fingerprint density at radius 2 is 1.39 bits per heavy atom. The van der Waals surface area contributed by atoms with E-state index in [1.807, 2.05) is 39.8 Å². The zero-order valence-corrected chi connectivity index (χ0v) is 31.7. The first-order valence-corrected chi connectivity index (χ1v) is 18.3. The topological polar surface area (TPSA) is 221 Å². The summed E-state index contributed by atoms with van der Waals surface area (Å²) < 4.78 is 17.8. The Kier molecular flexibility index (Phi) is 10.4. The van der Waals surface area contributed by atoms with Gasteiger partial charge in [-0.1, -0.05) is 12.2 Å². The van der Waals surface area contributed by atoms with Gasteiger partial charge in [0.1, 0.15) is 28.2 Å². The number of pyridine rings is 1. The van der Waals surface area contributed by atoms with Crippen molar-refractivity contribution < 1.29 is 28.7 Å². The Labute approximate surface area is 320 Å². The molecule has 0 aliphatic heterocycles. The molecule has 18 heteroatoms. The predicted molar refractivity (Wildman–Crippen MR) is 206 cm³/mol. The van der Waals surface area contributed by atoms with Gasteiger partial charge in [-0.15, -0.1) is 0 Å². The Morgan fingerprint density at radius 1 is 0.821 bits per heavy atom. The highest BCUT2D eigenvalue weighted by atomic mass is 16.5. The molecule has 0 unspecified atom stereocenters. The summed E-state index contributed by atoms with van der Waals surface area (Å²) in [4.78, 5) is 65.7. The van der Waals surface area contributed by atoms with Crippen LogP contribution < -0.4 is 21.1 Å². The van der Waals surface area contributed by atoms with Gasteiger partial charge in [-0.25, -0.2) is 19.7 Å². The molecule has 18 nitrogen and oxygen atoms in total. The molecule has 0 bridgehead atoms. The Hall–Kier alpha value is -6.85. The number of aryl methyl sites for hydroxylation is 4. The van der Waals surface area contributed by atoms with E-state index >= 15 is 0 Å². The van der Waals surface area contributed by atoms with E-state index in [2.05, 4.69) is 30.8 Å². The van der Waals surface area contributed by atoms with Gasteiger partial charge in [-0.2, -0.15) is 10.2 Å². The number of nitrogens with two attached hydrogens (primary N) is 1. The lowest BCUT2D eigenvalue weighted by molar-refractivity contribution is 0.0600. The molecule has 1 aliphatic rings. The van der Waals surface area contributed by atoms with Gasteiger partial charge >= 0.3 is 5.97 Å². The minimum atomic E-state index is -0.636. The van der Waals surface area contributed by atoms with E-state index in [1.54, 1.807) is 48.8 Å². The number of hydrogen-bond donors (Lipinski definition) is 3. The smallest absolute Gasteiger partial charge is 0.339 e. The molecule has 1 fully saturated rings. The molecule has 5 aromatic heterocycles. The Balaban J connectivity index is 1.25. The van der Waals surface area contributed by atoms with E-state index in [4.69, 9.17) is 20.2 Å². The average molecular weight is 763 g/mol. The number of hydrogen-bond acceptors (Lipinski definition) is 11. The molecule has 290 valence electrons. The fourth-order valence-electron chi connectivity index (χ4n) is 6.39. The first-order valence-electron chi connectivity index (χ1n) is 18.3. The van der Waals surface area contributed by atoms with Crippen molar-refractivity contribution in [2.24, 2.45) is 11.7 Å². The predicted octanol–water partition coefficient (Wildman–Crippen LogP) is 4.27. The summed E-state index contributed by atoms with van der Waals surface area (Å²) in [7, 11) is 1.28. The van der Waals surface area contributed by atoms with E-state index in [1.165, 1.54) is 13.3 Å². The highest BCUT2D eigenvalue weighted by Crippen LogP contribution is 2.34. The number of benzene rings is 1. The lowest BCUT2D eigenvalue weighted by atomic mass is 10.1. The van der Waals surface area contributed by atoms with Crippen molar-refractivity contribution >= 4 is 57.8 Å². The lowest BCUT2D eigenvalue weighted by Gasteiger charge is -2.13. The number of imidazole rings is 2. The van der Waals surface area contributed by atoms with Crippen molar-refractivity contribution in [3.63, 3.8) is 0 Å². The van der Waals surface area contributed by atoms with E-state index in [9.17, 15) is 19.2 Å². The molecule has 1 aliphatic carbocycles. The SMILES string of the molecule is CCn1nc(C)cc1C(=O)Nc1nc2cc(C(=O)OC)cnc2n1C/C=C/Cn1c(NC(=O)c2cc(C)nn2CC)nc2cc(C(N)=O)cc(OCC3CC3)c21. The van der Waals surface area contributed by atoms with Gasteiger partial charge in [0.25, 0.3) is 11.8 Å². The maximum absolute atomic E-state index is 13.6. The number of allylic oxidation sites excluding steroid dienone is 2. The fraction of sp³-hybridized carbons (Fsp3) is 0.342. The molecule has 0 saturated heterocycles. The summed E-state index contributed by atoms with van der Waals surface area (Å²) in [6.45, 7) is 9.25. The molecule has 3 amide bonds. The van der Waals surface area contributed by atoms with Crippen LogP contribution in [0.2, 0.25) is 0 Å². The van der Waals surface area contributed by atoms with Crippen LogP contribution in [-0.2, 0) is 30.9 Å². The molecule has 6 aromatic rings. The molecular formula is C38H42N12O6. The van der Waals surface area contributed by atoms with Crippen molar-refractivity contribution in [1.82, 2.24) is 43.6 Å². The zero-order chi connectivity index (χ0) is 39.7. The third-order valence-corrected chi connectivity index (χ3v) is 9.33. The van der Waals surface area contributed by atoms with Crippen molar-refractivity contribution in [1.29, 1.82) is 0 Å². The van der Waals surface area contributed by atoms with Gasteiger partial charge in [0.05, 0.1) is 36.2 Å². The highest BCUT2D eigenvalue weighted by molar-refractivity contribution is 6.05. The van der Waals surface area contributed by atoms with E-state index in [-0.39, 0.29) is 36.1 Å². The number of carbonyl (C=O) groups is 4. The third kappa shape index (κ3) is 7.57. The van der Waals surface area contributed by atoms with Crippen molar-refractivity contribution in [2.75, 3.05) is 24.4 Å². The maximum Gasteiger partial charge on any atom is 0.339 e. The molecule has 1 saturated carbocycles. The molecular weight excluding hydrogens is 720 g/mol. The number of primary amides is 1. The van der Waals surface area contributed by atoms with Crippen LogP contribution in [0, 0.1) is 19.8 Å². The van der Waals surface area contributed by atoms with Gasteiger partial charge in [0.2, 0.25) is 17.8 Å². The van der Waals surface area contributed by atoms with Crippen LogP contribution >= 0.6 is 0 Å². The second kappa shape index (κ2) is 15.5. The van der Waals surface area contributed by atoms with Crippen molar-refractivity contribution in [2.45, 2.75) is 66.7 Å². The standard InChI is InChI=1S/C38H42N12O6/c1-6-49-28(14-21(3)45-49)34(52)43-37-41-26-16-24(32(39)51)18-30(56-20-23-10-11-23)31(26)47(37)12-8-9-13-48-33-27(17-25(19-40-33)36(54)55-5)42-38(48)44-35(53)29-15-22(4)46-50(29)7-2/h8-9,14-19,23H,6-7,10-13,20H2,1-5H3,(H2,39,51)(H,41,43,52)(H,42,44,53)/b9-8+. The van der Waals surface area contributed by atoms with E-state index in [0.717, 1.165) is 12.8 Å². The summed E-state index contributed by atoms with van der Waals surface area (Å²) in [5.41, 5.74) is 10.00. The quantitative estimate of drug-likeness (QED) is 0.0991. The summed E-state index contributed by atoms with van der Waals surface area (Å²) in [6.07, 6.45) is 7.21. The molecule has 0 spiro atoms. The van der Waals surface area contributed by atoms with Gasteiger partial charge in [0.15, 0.2) is 5.65 Å². The number of rotatable bonds is 15. The van der Waals surface area contributed by atoms with Gasteiger partial charge in [0, 0.05) is 37.9 Å². The molecule has 4 N–H and O–H groups in total. The molecule has 0 radical (unpaired) electrons. The van der Waals surface area contributed by atoms with Gasteiger partial charge in [-0.05, 0) is 76.8 Å². The number of nitrogens with zero attached hydrogens (tertiary/aromatic N) is 9. The molecule has 5 heterocycles. The minimum Gasteiger partial charge on any atom is -0.491 e. The number of ether oxygens (including phenoxy) is 2. The summed E-state index contributed by atoms with van der Waals surface area (Å²) in [5, 5.41) is 14.6. The Bertz CT molecular complexity index is 2540. The molecule has 1 aromatic carbocycles. The number of aromatic nitrogens is 9. The van der Waals surface area contributed by atoms with Crippen LogP contribution in [0.5, 0.6) is 5.75 Å². The fourth-order valence-corrected chi connectivity index (χ4v) is 6.39. The summed E-state index contributed by atoms with van der Waals surface area (Å²) in [5.74, 6) is -0.793. The number of esters is 1. The summed E-state index contributed by atoms with van der Waals surface area (Å²) in [6, 6.07) is 8.11. The highest BCUT2D eigenvalue weighted by Gasteiger charge is 2.26. The Morgan fingerprint density at radius 3 is 1.96 bits per heavy atom. The lowest BCUT2D eigenvalue weighted by Crippen LogP contribution is -2.20. The number of fused-ring (bicyclic) bond motifs is 2. The number of amides is 3. The number of anilines is 2. The molecule has 0 atom stereocenters. The number of nitrogens with one attached hydrogen (secondary N) is 2. The first kappa shape index (κ1) is 37.5. The van der Waals surface area contributed by atoms with Gasteiger partial charge < -0.3 is 19.8 Å². The third-order valence-electron chi connectivity index (χ3n) is 9.33. The van der Waals surface area contributed by atoms with Crippen LogP contribution in [0.3, 0.4) is 0 Å². The van der Waals surface area contributed by atoms with Crippen LogP contribution in [0.4, 0.5) is 11.9 Å². The maximum atomic E-state index is 13.6. The molecule has 56 heavy (non-hydrogen) atoms. The van der Waals surface area contributed by atoms with Crippen LogP contribution in [0.25, 0.3) is 22.2 Å². The monoisotopic (exact) mass is 762 g/mol. The number of carbonyl (C=O) groups excluding carboxylic acids is 4. The summed E-state index contributed by atoms with van der Waals surface area (Å²) >= 11 is 0. The normalized spacial score (nSPS) is 12.8. The van der Waals surface area contributed by atoms with E-state index in [0.29, 0.717) is 76.3 Å². The van der Waals surface area contributed by atoms with Crippen LogP contribution in [0.15, 0.2) is 48.7 Å². The minimum absolute atomic E-state index is 0.197. The second-order valence-corrected chi connectivity index (χ2v) is 13.5. The van der Waals surface area contributed by atoms with Crippen LogP contribution in [0.1, 0.15) is 79.8 Å². The van der Waals surface area contributed by atoms with Gasteiger partial charge in [-0.3, -0.25) is 38.9 Å². The van der Waals surface area contributed by atoms with Crippen molar-refractivity contribution in [3.05, 3.63) is 82.6 Å². The number of methoxy groups -OCH3 is 1. The molecule has 7 rings (SSSR count). The zero-order valence-electron chi connectivity index (χ0n) is 31.7. The first-order chi connectivity index (χ1) is 27.0. The average Bonchev–Trinajstić information content (AvgIpc) is 3.47. The van der Waals surface area contributed by atoms with Crippen molar-refractivity contribution in [3.8, 4) is 5.75 Å². The van der Waals surface area contributed by atoms with Crippen LogP contribution in [-0.4, -0.2) is 81.1 Å². The largest absolute Gasteiger partial charge is 0.491 e.